The molecule has 1 aromatic rings. The van der Waals surface area contributed by atoms with Crippen molar-refractivity contribution in [3.8, 4) is 11.5 Å². The fraction of sp³-hybridized carbons (Fsp3) is 0.417. The Morgan fingerprint density at radius 1 is 1.28 bits per heavy atom. The molecule has 0 aromatic heterocycles. The minimum Gasteiger partial charge on any atom is -0.490 e. The SMILES string of the molecule is CCOc1cccc(C=O)c1OCCS(C)(=O)=O. The Balaban J connectivity index is 2.87. The minimum absolute atomic E-state index is 0.0102. The molecule has 100 valence electrons. The molecule has 0 fully saturated rings. The lowest BCUT2D eigenvalue weighted by Crippen LogP contribution is -2.13. The second-order valence-corrected chi connectivity index (χ2v) is 5.96. The molecule has 0 spiro atoms. The molecule has 0 heterocycles. The average molecular weight is 272 g/mol. The Morgan fingerprint density at radius 3 is 2.56 bits per heavy atom. The van der Waals surface area contributed by atoms with Gasteiger partial charge in [0.15, 0.2) is 27.6 Å². The van der Waals surface area contributed by atoms with Crippen molar-refractivity contribution in [2.45, 2.75) is 6.92 Å². The predicted octanol–water partition coefficient (Wildman–Crippen LogP) is 1.32. The molecule has 0 bridgehead atoms. The Labute approximate surface area is 107 Å². The highest BCUT2D eigenvalue weighted by molar-refractivity contribution is 7.90. The Hall–Kier alpha value is -1.56. The van der Waals surface area contributed by atoms with E-state index in [4.69, 9.17) is 9.47 Å². The molecule has 0 aliphatic rings. The van der Waals surface area contributed by atoms with Crippen molar-refractivity contribution < 1.29 is 22.7 Å². The molecule has 1 rings (SSSR count). The van der Waals surface area contributed by atoms with E-state index in [9.17, 15) is 13.2 Å². The first kappa shape index (κ1) is 14.5. The zero-order valence-electron chi connectivity index (χ0n) is 10.4. The van der Waals surface area contributed by atoms with E-state index < -0.39 is 9.84 Å². The van der Waals surface area contributed by atoms with Crippen molar-refractivity contribution in [1.82, 2.24) is 0 Å². The Bertz CT molecular complexity index is 507. The van der Waals surface area contributed by atoms with Crippen LogP contribution in [0.4, 0.5) is 0 Å². The largest absolute Gasteiger partial charge is 0.490 e. The molecule has 18 heavy (non-hydrogen) atoms. The van der Waals surface area contributed by atoms with Gasteiger partial charge in [0.25, 0.3) is 0 Å². The van der Waals surface area contributed by atoms with Crippen molar-refractivity contribution in [2.75, 3.05) is 25.2 Å². The maximum absolute atomic E-state index is 11.0. The zero-order valence-corrected chi connectivity index (χ0v) is 11.2. The highest BCUT2D eigenvalue weighted by Gasteiger charge is 2.11. The van der Waals surface area contributed by atoms with E-state index in [-0.39, 0.29) is 18.1 Å². The molecule has 0 amide bonds. The van der Waals surface area contributed by atoms with Crippen LogP contribution in [0.1, 0.15) is 17.3 Å². The third-order valence-electron chi connectivity index (χ3n) is 2.14. The minimum atomic E-state index is -3.09. The molecule has 0 unspecified atom stereocenters. The van der Waals surface area contributed by atoms with Gasteiger partial charge in [0.1, 0.15) is 6.61 Å². The van der Waals surface area contributed by atoms with Gasteiger partial charge in [-0.1, -0.05) is 6.07 Å². The van der Waals surface area contributed by atoms with Crippen LogP contribution in [0.5, 0.6) is 11.5 Å². The summed E-state index contributed by atoms with van der Waals surface area (Å²) < 4.78 is 32.7. The van der Waals surface area contributed by atoms with Gasteiger partial charge in [0, 0.05) is 6.26 Å². The average Bonchev–Trinajstić information content (AvgIpc) is 2.29. The van der Waals surface area contributed by atoms with Crippen molar-refractivity contribution in [3.05, 3.63) is 23.8 Å². The van der Waals surface area contributed by atoms with Crippen molar-refractivity contribution in [3.63, 3.8) is 0 Å². The first-order valence-corrected chi connectivity index (χ1v) is 7.55. The first-order valence-electron chi connectivity index (χ1n) is 5.49. The van der Waals surface area contributed by atoms with Crippen LogP contribution in [-0.2, 0) is 9.84 Å². The number of rotatable bonds is 7. The number of hydrogen-bond acceptors (Lipinski definition) is 5. The molecular formula is C12H16O5S. The van der Waals surface area contributed by atoms with Crippen LogP contribution in [-0.4, -0.2) is 39.9 Å². The van der Waals surface area contributed by atoms with Gasteiger partial charge in [0.05, 0.1) is 17.9 Å². The van der Waals surface area contributed by atoms with Crippen LogP contribution in [0.3, 0.4) is 0 Å². The second-order valence-electron chi connectivity index (χ2n) is 3.70. The van der Waals surface area contributed by atoms with E-state index in [0.29, 0.717) is 24.2 Å². The molecule has 5 nitrogen and oxygen atoms in total. The number of sulfone groups is 1. The quantitative estimate of drug-likeness (QED) is 0.700. The Morgan fingerprint density at radius 2 is 2.00 bits per heavy atom. The predicted molar refractivity (Wildman–Crippen MR) is 68.2 cm³/mol. The maximum Gasteiger partial charge on any atom is 0.171 e. The number of ether oxygens (including phenoxy) is 2. The molecule has 0 saturated heterocycles. The number of carbonyl (C=O) groups excluding carboxylic acids is 1. The third-order valence-corrected chi connectivity index (χ3v) is 3.04. The van der Waals surface area contributed by atoms with Crippen LogP contribution in [0.2, 0.25) is 0 Å². The fourth-order valence-corrected chi connectivity index (χ4v) is 1.73. The van der Waals surface area contributed by atoms with E-state index >= 15 is 0 Å². The molecule has 0 aliphatic heterocycles. The second kappa shape index (κ2) is 6.39. The smallest absolute Gasteiger partial charge is 0.171 e. The summed E-state index contributed by atoms with van der Waals surface area (Å²) in [7, 11) is -3.09. The molecule has 0 saturated carbocycles. The molecule has 0 aliphatic carbocycles. The van der Waals surface area contributed by atoms with Gasteiger partial charge in [-0.2, -0.15) is 0 Å². The number of hydrogen-bond donors (Lipinski definition) is 0. The van der Waals surface area contributed by atoms with Gasteiger partial charge in [-0.3, -0.25) is 4.79 Å². The topological polar surface area (TPSA) is 69.7 Å². The zero-order chi connectivity index (χ0) is 13.6. The summed E-state index contributed by atoms with van der Waals surface area (Å²) in [4.78, 5) is 10.9. The van der Waals surface area contributed by atoms with E-state index in [1.165, 1.54) is 0 Å². The molecule has 1 aromatic carbocycles. The molecule has 0 N–H and O–H groups in total. The highest BCUT2D eigenvalue weighted by Crippen LogP contribution is 2.30. The van der Waals surface area contributed by atoms with E-state index in [1.54, 1.807) is 18.2 Å². The lowest BCUT2D eigenvalue weighted by Gasteiger charge is -2.13. The summed E-state index contributed by atoms with van der Waals surface area (Å²) in [5, 5.41) is 0. The first-order chi connectivity index (χ1) is 8.48. The van der Waals surface area contributed by atoms with Crippen LogP contribution >= 0.6 is 0 Å². The van der Waals surface area contributed by atoms with Crippen LogP contribution in [0.25, 0.3) is 0 Å². The fourth-order valence-electron chi connectivity index (χ4n) is 1.34. The number of carbonyl (C=O) groups is 1. The van der Waals surface area contributed by atoms with E-state index in [0.717, 1.165) is 6.26 Å². The molecule has 0 atom stereocenters. The van der Waals surface area contributed by atoms with E-state index in [1.807, 2.05) is 6.92 Å². The lowest BCUT2D eigenvalue weighted by molar-refractivity contribution is 0.111. The summed E-state index contributed by atoms with van der Waals surface area (Å²) >= 11 is 0. The monoisotopic (exact) mass is 272 g/mol. The maximum atomic E-state index is 11.0. The van der Waals surface area contributed by atoms with Gasteiger partial charge < -0.3 is 9.47 Å². The van der Waals surface area contributed by atoms with Gasteiger partial charge in [-0.25, -0.2) is 8.42 Å². The summed E-state index contributed by atoms with van der Waals surface area (Å²) in [6.45, 7) is 2.24. The normalized spacial score (nSPS) is 11.0. The summed E-state index contributed by atoms with van der Waals surface area (Å²) in [6.07, 6.45) is 1.78. The van der Waals surface area contributed by atoms with Gasteiger partial charge in [-0.15, -0.1) is 0 Å². The lowest BCUT2D eigenvalue weighted by atomic mass is 10.2. The molecule has 6 heteroatoms. The third kappa shape index (κ3) is 4.37. The van der Waals surface area contributed by atoms with Crippen LogP contribution in [0, 0.1) is 0 Å². The van der Waals surface area contributed by atoms with E-state index in [2.05, 4.69) is 0 Å². The van der Waals surface area contributed by atoms with Gasteiger partial charge in [-0.05, 0) is 19.1 Å². The summed E-state index contributed by atoms with van der Waals surface area (Å²) in [5.74, 6) is 0.625. The highest BCUT2D eigenvalue weighted by atomic mass is 32.2. The standard InChI is InChI=1S/C12H16O5S/c1-3-16-11-6-4-5-10(9-13)12(11)17-7-8-18(2,14)15/h4-6,9H,3,7-8H2,1-2H3. The van der Waals surface area contributed by atoms with Crippen molar-refractivity contribution >= 4 is 16.1 Å². The van der Waals surface area contributed by atoms with Crippen molar-refractivity contribution in [1.29, 1.82) is 0 Å². The van der Waals surface area contributed by atoms with Crippen LogP contribution in [0.15, 0.2) is 18.2 Å². The Kier molecular flexibility index (Phi) is 5.15. The summed E-state index contributed by atoms with van der Waals surface area (Å²) in [6, 6.07) is 4.94. The summed E-state index contributed by atoms with van der Waals surface area (Å²) in [5.41, 5.74) is 0.342. The molecule has 0 radical (unpaired) electrons. The van der Waals surface area contributed by atoms with Gasteiger partial charge in [0.2, 0.25) is 0 Å². The number of aldehydes is 1. The molecular weight excluding hydrogens is 256 g/mol. The number of benzene rings is 1. The number of para-hydroxylation sites is 1. The van der Waals surface area contributed by atoms with Crippen LogP contribution < -0.4 is 9.47 Å². The van der Waals surface area contributed by atoms with Crippen molar-refractivity contribution in [2.24, 2.45) is 0 Å². The van der Waals surface area contributed by atoms with Gasteiger partial charge >= 0.3 is 0 Å².